The molecule has 0 radical (unpaired) electrons. The quantitative estimate of drug-likeness (QED) is 0.682. The Morgan fingerprint density at radius 2 is 1.69 bits per heavy atom. The molecule has 0 saturated carbocycles. The molecule has 2 amide bonds. The molecule has 0 fully saturated rings. The van der Waals surface area contributed by atoms with E-state index < -0.39 is 0 Å². The summed E-state index contributed by atoms with van der Waals surface area (Å²) in [5.41, 5.74) is 3.27. The van der Waals surface area contributed by atoms with E-state index in [1.165, 1.54) is 11.1 Å². The van der Waals surface area contributed by atoms with Crippen molar-refractivity contribution in [1.29, 1.82) is 0 Å². The Hall–Kier alpha value is -2.93. The third-order valence-electron chi connectivity index (χ3n) is 5.60. The van der Waals surface area contributed by atoms with E-state index in [2.05, 4.69) is 33.7 Å². The third kappa shape index (κ3) is 5.85. The number of nitrogens with zero attached hydrogens (tertiary/aromatic N) is 1. The van der Waals surface area contributed by atoms with Crippen molar-refractivity contribution in [1.82, 2.24) is 15.5 Å². The number of nitrogens with one attached hydrogen (secondary N) is 2. The molecule has 174 valence electrons. The number of carbonyl (C=O) groups excluding carboxylic acids is 1. The largest absolute Gasteiger partial charge is 0.497 e. The second kappa shape index (κ2) is 10.1. The second-order valence-electron chi connectivity index (χ2n) is 9.08. The van der Waals surface area contributed by atoms with Crippen molar-refractivity contribution in [2.75, 3.05) is 34.4 Å². The van der Waals surface area contributed by atoms with E-state index >= 15 is 0 Å². The van der Waals surface area contributed by atoms with Gasteiger partial charge in [0.05, 0.1) is 27.4 Å². The van der Waals surface area contributed by atoms with Crippen LogP contribution < -0.4 is 24.8 Å². The van der Waals surface area contributed by atoms with Gasteiger partial charge in [-0.3, -0.25) is 4.90 Å². The summed E-state index contributed by atoms with van der Waals surface area (Å²) in [6.07, 6.45) is 0.899. The van der Waals surface area contributed by atoms with E-state index in [1.54, 1.807) is 21.3 Å². The molecular weight excluding hydrogens is 406 g/mol. The highest BCUT2D eigenvalue weighted by Gasteiger charge is 2.30. The number of ether oxygens (including phenoxy) is 3. The molecule has 2 N–H and O–H groups in total. The molecule has 1 atom stereocenters. The van der Waals surface area contributed by atoms with Gasteiger partial charge >= 0.3 is 6.03 Å². The van der Waals surface area contributed by atoms with Crippen LogP contribution in [0.3, 0.4) is 0 Å². The SMILES string of the molecule is COc1ccc(CN2CCc3cc(OC)c(OC)cc3C2CNC(=O)NC(C)(C)C)cc1. The van der Waals surface area contributed by atoms with Crippen molar-refractivity contribution in [3.63, 3.8) is 0 Å². The first-order chi connectivity index (χ1) is 15.2. The van der Waals surface area contributed by atoms with E-state index in [-0.39, 0.29) is 17.6 Å². The minimum Gasteiger partial charge on any atom is -0.497 e. The predicted octanol–water partition coefficient (Wildman–Crippen LogP) is 3.91. The molecule has 1 aliphatic rings. The molecule has 0 bridgehead atoms. The van der Waals surface area contributed by atoms with Crippen molar-refractivity contribution in [3.8, 4) is 17.2 Å². The molecule has 0 saturated heterocycles. The Bertz CT molecular complexity index is 922. The highest BCUT2D eigenvalue weighted by molar-refractivity contribution is 5.74. The molecule has 7 nitrogen and oxygen atoms in total. The fourth-order valence-electron chi connectivity index (χ4n) is 4.05. The summed E-state index contributed by atoms with van der Waals surface area (Å²) in [4.78, 5) is 14.9. The topological polar surface area (TPSA) is 72.1 Å². The lowest BCUT2D eigenvalue weighted by Gasteiger charge is -2.38. The number of hydrogen-bond donors (Lipinski definition) is 2. The molecule has 3 rings (SSSR count). The van der Waals surface area contributed by atoms with Crippen LogP contribution in [0.15, 0.2) is 36.4 Å². The Balaban J connectivity index is 1.87. The van der Waals surface area contributed by atoms with E-state index in [9.17, 15) is 4.79 Å². The Morgan fingerprint density at radius 1 is 1.03 bits per heavy atom. The molecule has 0 spiro atoms. The molecule has 1 unspecified atom stereocenters. The lowest BCUT2D eigenvalue weighted by molar-refractivity contribution is 0.169. The maximum Gasteiger partial charge on any atom is 0.315 e. The predicted molar refractivity (Wildman–Crippen MR) is 126 cm³/mol. The Morgan fingerprint density at radius 3 is 2.28 bits per heavy atom. The normalized spacial score (nSPS) is 16.1. The number of methoxy groups -OCH3 is 3. The maximum absolute atomic E-state index is 12.5. The highest BCUT2D eigenvalue weighted by Crippen LogP contribution is 2.38. The number of fused-ring (bicyclic) bond motifs is 1. The summed E-state index contributed by atoms with van der Waals surface area (Å²) in [7, 11) is 4.97. The number of urea groups is 1. The van der Waals surface area contributed by atoms with Crippen LogP contribution in [-0.4, -0.2) is 50.9 Å². The Kier molecular flexibility index (Phi) is 7.51. The zero-order valence-electron chi connectivity index (χ0n) is 20.0. The van der Waals surface area contributed by atoms with Gasteiger partial charge in [0.25, 0.3) is 0 Å². The molecule has 7 heteroatoms. The van der Waals surface area contributed by atoms with Crippen molar-refractivity contribution < 1.29 is 19.0 Å². The number of hydrogen-bond acceptors (Lipinski definition) is 5. The third-order valence-corrected chi connectivity index (χ3v) is 5.60. The smallest absolute Gasteiger partial charge is 0.315 e. The summed E-state index contributed by atoms with van der Waals surface area (Å²) >= 11 is 0. The average Bonchev–Trinajstić information content (AvgIpc) is 2.76. The number of rotatable bonds is 7. The summed E-state index contributed by atoms with van der Waals surface area (Å²) in [5.74, 6) is 2.26. The lowest BCUT2D eigenvalue weighted by atomic mass is 9.91. The van der Waals surface area contributed by atoms with Crippen LogP contribution in [0.25, 0.3) is 0 Å². The van der Waals surface area contributed by atoms with Gasteiger partial charge in [0.2, 0.25) is 0 Å². The standard InChI is InChI=1S/C25H35N3O4/c1-25(2,3)27-24(29)26-15-21-20-14-23(32-6)22(31-5)13-18(20)11-12-28(21)16-17-7-9-19(30-4)10-8-17/h7-10,13-14,21H,11-12,15-16H2,1-6H3,(H2,26,27,29). The van der Waals surface area contributed by atoms with Gasteiger partial charge in [-0.05, 0) is 68.1 Å². The number of amides is 2. The zero-order chi connectivity index (χ0) is 23.3. The van der Waals surface area contributed by atoms with Gasteiger partial charge in [0.1, 0.15) is 5.75 Å². The van der Waals surface area contributed by atoms with Crippen LogP contribution in [0, 0.1) is 0 Å². The minimum absolute atomic E-state index is 0.00590. The van der Waals surface area contributed by atoms with Gasteiger partial charge < -0.3 is 24.8 Å². The molecule has 2 aromatic rings. The van der Waals surface area contributed by atoms with Crippen molar-refractivity contribution in [2.24, 2.45) is 0 Å². The molecule has 2 aromatic carbocycles. The maximum atomic E-state index is 12.5. The fourth-order valence-corrected chi connectivity index (χ4v) is 4.05. The van der Waals surface area contributed by atoms with Gasteiger partial charge in [-0.2, -0.15) is 0 Å². The zero-order valence-corrected chi connectivity index (χ0v) is 20.0. The second-order valence-corrected chi connectivity index (χ2v) is 9.08. The van der Waals surface area contributed by atoms with Crippen LogP contribution in [0.4, 0.5) is 4.79 Å². The fraction of sp³-hybridized carbons (Fsp3) is 0.480. The van der Waals surface area contributed by atoms with E-state index in [0.717, 1.165) is 36.6 Å². The van der Waals surface area contributed by atoms with Gasteiger partial charge in [-0.15, -0.1) is 0 Å². The molecule has 0 aliphatic carbocycles. The molecule has 1 heterocycles. The average molecular weight is 442 g/mol. The Labute approximate surface area is 191 Å². The van der Waals surface area contributed by atoms with Crippen LogP contribution >= 0.6 is 0 Å². The van der Waals surface area contributed by atoms with E-state index in [1.807, 2.05) is 39.0 Å². The lowest BCUT2D eigenvalue weighted by Crippen LogP contribution is -2.49. The monoisotopic (exact) mass is 441 g/mol. The first kappa shape index (κ1) is 23.7. The number of carbonyl (C=O) groups is 1. The summed E-state index contributed by atoms with van der Waals surface area (Å²) in [5, 5.41) is 6.04. The van der Waals surface area contributed by atoms with Gasteiger partial charge in [-0.1, -0.05) is 12.1 Å². The molecular formula is C25H35N3O4. The number of benzene rings is 2. The highest BCUT2D eigenvalue weighted by atomic mass is 16.5. The van der Waals surface area contributed by atoms with E-state index in [0.29, 0.717) is 12.3 Å². The first-order valence-electron chi connectivity index (χ1n) is 10.9. The van der Waals surface area contributed by atoms with Crippen LogP contribution in [-0.2, 0) is 13.0 Å². The minimum atomic E-state index is -0.298. The first-order valence-corrected chi connectivity index (χ1v) is 10.9. The summed E-state index contributed by atoms with van der Waals surface area (Å²) in [6.45, 7) is 8.04. The molecule has 32 heavy (non-hydrogen) atoms. The van der Waals surface area contributed by atoms with Gasteiger partial charge in [-0.25, -0.2) is 4.79 Å². The van der Waals surface area contributed by atoms with Crippen LogP contribution in [0.1, 0.15) is 43.5 Å². The van der Waals surface area contributed by atoms with Gasteiger partial charge in [0, 0.05) is 25.2 Å². The summed E-state index contributed by atoms with van der Waals surface area (Å²) < 4.78 is 16.4. The summed E-state index contributed by atoms with van der Waals surface area (Å²) in [6, 6.07) is 12.1. The van der Waals surface area contributed by atoms with Crippen LogP contribution in [0.5, 0.6) is 17.2 Å². The van der Waals surface area contributed by atoms with Crippen molar-refractivity contribution >= 4 is 6.03 Å². The molecule has 1 aliphatic heterocycles. The molecule has 0 aromatic heterocycles. The van der Waals surface area contributed by atoms with Gasteiger partial charge in [0.15, 0.2) is 11.5 Å². The van der Waals surface area contributed by atoms with E-state index in [4.69, 9.17) is 14.2 Å². The van der Waals surface area contributed by atoms with Crippen molar-refractivity contribution in [2.45, 2.75) is 45.3 Å². The van der Waals surface area contributed by atoms with Crippen molar-refractivity contribution in [3.05, 3.63) is 53.1 Å². The van der Waals surface area contributed by atoms with Crippen LogP contribution in [0.2, 0.25) is 0 Å².